The maximum atomic E-state index is 11.8. The molecule has 5 rings (SSSR count). The zero-order valence-corrected chi connectivity index (χ0v) is 21.3. The molecule has 1 amide bonds. The van der Waals surface area contributed by atoms with Crippen molar-refractivity contribution in [3.05, 3.63) is 35.3 Å². The van der Waals surface area contributed by atoms with Gasteiger partial charge in [0.1, 0.15) is 0 Å². The first kappa shape index (κ1) is 25.2. The van der Waals surface area contributed by atoms with E-state index in [9.17, 15) is 9.90 Å². The van der Waals surface area contributed by atoms with Crippen LogP contribution >= 0.6 is 11.6 Å². The average Bonchev–Trinajstić information content (AvgIpc) is 3.50. The predicted octanol–water partition coefficient (Wildman–Crippen LogP) is 2.00. The Morgan fingerprint density at radius 3 is 2.89 bits per heavy atom. The Morgan fingerprint density at radius 1 is 1.28 bits per heavy atom. The van der Waals surface area contributed by atoms with Crippen LogP contribution in [0.25, 0.3) is 22.3 Å². The second kappa shape index (κ2) is 11.3. The third-order valence-corrected chi connectivity index (χ3v) is 7.54. The largest absolute Gasteiger partial charge is 0.395 e. The zero-order chi connectivity index (χ0) is 25.1. The Kier molecular flexibility index (Phi) is 7.87. The molecule has 0 unspecified atom stereocenters. The molecule has 2 N–H and O–H groups in total. The Morgan fingerprint density at radius 2 is 2.11 bits per heavy atom. The minimum Gasteiger partial charge on any atom is -0.395 e. The summed E-state index contributed by atoms with van der Waals surface area (Å²) >= 11 is 6.63. The van der Waals surface area contributed by atoms with Gasteiger partial charge in [0.2, 0.25) is 17.6 Å². The molecule has 1 atom stereocenters. The molecule has 2 aliphatic rings. The Labute approximate surface area is 215 Å². The number of nitrogens with one attached hydrogen (secondary N) is 1. The van der Waals surface area contributed by atoms with Gasteiger partial charge in [-0.2, -0.15) is 4.98 Å². The monoisotopic (exact) mass is 516 g/mol. The number of halogens is 1. The summed E-state index contributed by atoms with van der Waals surface area (Å²) in [6, 6.07) is 5.78. The van der Waals surface area contributed by atoms with Crippen molar-refractivity contribution in [1.82, 2.24) is 29.8 Å². The first-order chi connectivity index (χ1) is 17.6. The summed E-state index contributed by atoms with van der Waals surface area (Å²) in [5.74, 6) is 1.55. The number of carbonyl (C=O) groups excluding carboxylic acids is 1. The highest BCUT2D eigenvalue weighted by Crippen LogP contribution is 2.34. The molecule has 2 aromatic heterocycles. The number of aliphatic hydroxyl groups excluding tert-OH is 1. The van der Waals surface area contributed by atoms with Crippen LogP contribution in [0.3, 0.4) is 0 Å². The van der Waals surface area contributed by atoms with Crippen LogP contribution in [0.5, 0.6) is 0 Å². The van der Waals surface area contributed by atoms with Crippen molar-refractivity contribution < 1.29 is 19.2 Å². The lowest BCUT2D eigenvalue weighted by Crippen LogP contribution is -2.56. The summed E-state index contributed by atoms with van der Waals surface area (Å²) in [7, 11) is 1.62. The highest BCUT2D eigenvalue weighted by Gasteiger charge is 2.29. The number of hydrogen-bond acceptors (Lipinski definition) is 8. The molecule has 0 radical (unpaired) electrons. The topological polar surface area (TPSA) is 109 Å². The summed E-state index contributed by atoms with van der Waals surface area (Å²) < 4.78 is 13.4. The third kappa shape index (κ3) is 5.42. The van der Waals surface area contributed by atoms with Crippen molar-refractivity contribution in [2.75, 3.05) is 53.0 Å². The lowest BCUT2D eigenvalue weighted by molar-refractivity contribution is -0.123. The van der Waals surface area contributed by atoms with E-state index in [1.807, 2.05) is 23.1 Å². The summed E-state index contributed by atoms with van der Waals surface area (Å²) in [6.07, 6.45) is 4.16. The third-order valence-electron chi connectivity index (χ3n) is 7.24. The van der Waals surface area contributed by atoms with Gasteiger partial charge in [0.25, 0.3) is 0 Å². The van der Waals surface area contributed by atoms with E-state index in [-0.39, 0.29) is 25.1 Å². The van der Waals surface area contributed by atoms with Gasteiger partial charge < -0.3 is 24.3 Å². The van der Waals surface area contributed by atoms with E-state index in [0.29, 0.717) is 42.3 Å². The number of benzene rings is 1. The van der Waals surface area contributed by atoms with E-state index in [1.165, 1.54) is 0 Å². The molecular weight excluding hydrogens is 484 g/mol. The van der Waals surface area contributed by atoms with E-state index in [0.717, 1.165) is 55.6 Å². The molecule has 4 heterocycles. The van der Waals surface area contributed by atoms with Gasteiger partial charge in [-0.25, -0.2) is 0 Å². The number of aliphatic hydroxyl groups is 1. The number of ether oxygens (including phenoxy) is 1. The fraction of sp³-hybridized carbons (Fsp3) is 0.560. The standard InChI is InChI=1S/C25H33ClN6O4/c1-27-22(34)14-31-8-7-30(12-18(31)16-33)15-23-28-25(29-36-23)20-13-32(11-17-5-9-35-10-6-17)24-19(20)3-2-4-21(24)26/h2-4,13,17-18,33H,5-12,14-16H2,1H3,(H,27,34)/t18-/m0/s1. The summed E-state index contributed by atoms with van der Waals surface area (Å²) in [5.41, 5.74) is 1.89. The summed E-state index contributed by atoms with van der Waals surface area (Å²) in [4.78, 5) is 20.7. The quantitative estimate of drug-likeness (QED) is 0.468. The molecule has 36 heavy (non-hydrogen) atoms. The van der Waals surface area contributed by atoms with Crippen molar-refractivity contribution in [2.45, 2.75) is 32.0 Å². The SMILES string of the molecule is CNC(=O)CN1CCN(Cc2nc(-c3cn(CC4CCOCC4)c4c(Cl)cccc34)no2)C[C@H]1CO. The fourth-order valence-electron chi connectivity index (χ4n) is 5.21. The van der Waals surface area contributed by atoms with Crippen molar-refractivity contribution in [3.63, 3.8) is 0 Å². The minimum absolute atomic E-state index is 0.0179. The van der Waals surface area contributed by atoms with E-state index in [1.54, 1.807) is 7.05 Å². The lowest BCUT2D eigenvalue weighted by Gasteiger charge is -2.39. The van der Waals surface area contributed by atoms with Crippen LogP contribution in [0.2, 0.25) is 5.02 Å². The van der Waals surface area contributed by atoms with Gasteiger partial charge in [-0.15, -0.1) is 0 Å². The molecule has 194 valence electrons. The van der Waals surface area contributed by atoms with E-state index in [4.69, 9.17) is 25.8 Å². The molecular formula is C25H33ClN6O4. The molecule has 0 saturated carbocycles. The van der Waals surface area contributed by atoms with Crippen molar-refractivity contribution in [1.29, 1.82) is 0 Å². The Balaban J connectivity index is 1.32. The lowest BCUT2D eigenvalue weighted by atomic mass is 10.0. The molecule has 2 fully saturated rings. The Bertz CT molecular complexity index is 1190. The maximum absolute atomic E-state index is 11.8. The highest BCUT2D eigenvalue weighted by atomic mass is 35.5. The molecule has 0 spiro atoms. The number of rotatable bonds is 8. The average molecular weight is 517 g/mol. The van der Waals surface area contributed by atoms with Crippen LogP contribution in [0.1, 0.15) is 18.7 Å². The number of nitrogens with zero attached hydrogens (tertiary/aromatic N) is 5. The molecule has 3 aromatic rings. The zero-order valence-electron chi connectivity index (χ0n) is 20.5. The number of aromatic nitrogens is 3. The number of likely N-dealkylation sites (N-methyl/N-ethyl adjacent to an activating group) is 1. The van der Waals surface area contributed by atoms with E-state index >= 15 is 0 Å². The van der Waals surface area contributed by atoms with Crippen molar-refractivity contribution >= 4 is 28.4 Å². The van der Waals surface area contributed by atoms with Gasteiger partial charge in [-0.1, -0.05) is 28.9 Å². The molecule has 1 aromatic carbocycles. The normalized spacial score (nSPS) is 20.2. The van der Waals surface area contributed by atoms with Crippen molar-refractivity contribution in [3.8, 4) is 11.4 Å². The number of amides is 1. The van der Waals surface area contributed by atoms with Gasteiger partial charge in [0, 0.05) is 69.6 Å². The second-order valence-corrected chi connectivity index (χ2v) is 10.0. The highest BCUT2D eigenvalue weighted by molar-refractivity contribution is 6.35. The number of fused-ring (bicyclic) bond motifs is 1. The number of carbonyl (C=O) groups is 1. The van der Waals surface area contributed by atoms with Gasteiger partial charge >= 0.3 is 0 Å². The van der Waals surface area contributed by atoms with Crippen LogP contribution in [0.15, 0.2) is 28.9 Å². The van der Waals surface area contributed by atoms with Crippen LogP contribution in [-0.4, -0.2) is 94.6 Å². The smallest absolute Gasteiger partial charge is 0.241 e. The van der Waals surface area contributed by atoms with Gasteiger partial charge in [-0.05, 0) is 24.8 Å². The number of hydrogen-bond donors (Lipinski definition) is 2. The number of piperazine rings is 1. The predicted molar refractivity (Wildman–Crippen MR) is 136 cm³/mol. The molecule has 2 saturated heterocycles. The molecule has 11 heteroatoms. The second-order valence-electron chi connectivity index (χ2n) is 9.61. The fourth-order valence-corrected chi connectivity index (χ4v) is 5.49. The van der Waals surface area contributed by atoms with Crippen molar-refractivity contribution in [2.24, 2.45) is 5.92 Å². The summed E-state index contributed by atoms with van der Waals surface area (Å²) in [5, 5.41) is 18.5. The van der Waals surface area contributed by atoms with Gasteiger partial charge in [0.05, 0.1) is 30.2 Å². The van der Waals surface area contributed by atoms with Crippen LogP contribution in [-0.2, 0) is 22.6 Å². The molecule has 0 bridgehead atoms. The van der Waals surface area contributed by atoms with Crippen LogP contribution in [0, 0.1) is 5.92 Å². The molecule has 10 nitrogen and oxygen atoms in total. The number of para-hydroxylation sites is 1. The first-order valence-corrected chi connectivity index (χ1v) is 12.9. The minimum atomic E-state index is -0.122. The maximum Gasteiger partial charge on any atom is 0.241 e. The van der Waals surface area contributed by atoms with Gasteiger partial charge in [0.15, 0.2) is 0 Å². The van der Waals surface area contributed by atoms with E-state index < -0.39 is 0 Å². The Hall–Kier alpha value is -2.50. The molecule has 2 aliphatic heterocycles. The van der Waals surface area contributed by atoms with Gasteiger partial charge in [-0.3, -0.25) is 14.6 Å². The van der Waals surface area contributed by atoms with E-state index in [2.05, 4.69) is 26.1 Å². The summed E-state index contributed by atoms with van der Waals surface area (Å²) in [6.45, 7) is 5.26. The molecule has 0 aliphatic carbocycles. The van der Waals surface area contributed by atoms with Crippen LogP contribution in [0.4, 0.5) is 0 Å². The van der Waals surface area contributed by atoms with Crippen LogP contribution < -0.4 is 5.32 Å². The first-order valence-electron chi connectivity index (χ1n) is 12.5.